The molecule has 1 aliphatic heterocycles. The SMILES string of the molecule is O=S1(=O)CCCCS(=O)(=O)OC(CC(F)(F)F)O1. The molecule has 1 heterocycles. The third-order valence-corrected chi connectivity index (χ3v) is 4.54. The van der Waals surface area contributed by atoms with Gasteiger partial charge in [0.2, 0.25) is 6.29 Å². The Kier molecular flexibility index (Phi) is 4.62. The summed E-state index contributed by atoms with van der Waals surface area (Å²) >= 11 is 0. The van der Waals surface area contributed by atoms with E-state index in [0.717, 1.165) is 0 Å². The van der Waals surface area contributed by atoms with Gasteiger partial charge in [0, 0.05) is 0 Å². The molecule has 0 amide bonds. The highest BCUT2D eigenvalue weighted by Gasteiger charge is 2.38. The molecule has 0 aromatic heterocycles. The first-order chi connectivity index (χ1) is 7.99. The van der Waals surface area contributed by atoms with E-state index in [2.05, 4.69) is 8.37 Å². The van der Waals surface area contributed by atoms with Crippen LogP contribution in [0.2, 0.25) is 0 Å². The van der Waals surface area contributed by atoms with Gasteiger partial charge in [-0.15, -0.1) is 0 Å². The summed E-state index contributed by atoms with van der Waals surface area (Å²) in [6, 6.07) is 0. The lowest BCUT2D eigenvalue weighted by Gasteiger charge is -2.17. The molecular weight excluding hydrogens is 301 g/mol. The summed E-state index contributed by atoms with van der Waals surface area (Å²) in [6.07, 6.45) is -9.05. The molecule has 18 heavy (non-hydrogen) atoms. The van der Waals surface area contributed by atoms with Crippen molar-refractivity contribution in [2.24, 2.45) is 0 Å². The fourth-order valence-electron chi connectivity index (χ4n) is 1.25. The summed E-state index contributed by atoms with van der Waals surface area (Å²) in [4.78, 5) is 0. The Hall–Kier alpha value is -0.390. The molecule has 11 heteroatoms. The highest BCUT2D eigenvalue weighted by Crippen LogP contribution is 2.26. The largest absolute Gasteiger partial charge is 0.394 e. The summed E-state index contributed by atoms with van der Waals surface area (Å²) in [5.74, 6) is -1.08. The van der Waals surface area contributed by atoms with Crippen LogP contribution in [0, 0.1) is 0 Å². The Labute approximate surface area is 102 Å². The predicted octanol–water partition coefficient (Wildman–Crippen LogP) is 0.752. The van der Waals surface area contributed by atoms with Gasteiger partial charge in [-0.2, -0.15) is 30.0 Å². The Morgan fingerprint density at radius 3 is 1.67 bits per heavy atom. The zero-order chi connectivity index (χ0) is 14.0. The third kappa shape index (κ3) is 5.98. The molecule has 0 spiro atoms. The molecule has 0 atom stereocenters. The monoisotopic (exact) mass is 312 g/mol. The molecule has 1 fully saturated rings. The minimum absolute atomic E-state index is 0.0241. The number of rotatable bonds is 1. The zero-order valence-electron chi connectivity index (χ0n) is 9.01. The van der Waals surface area contributed by atoms with E-state index in [1.54, 1.807) is 0 Å². The standard InChI is InChI=1S/C7H11F3O6S2/c8-7(9,10)5-6-15-17(11,12)3-1-2-4-18(13,14)16-6/h6H,1-5H2. The first-order valence-electron chi connectivity index (χ1n) is 4.88. The van der Waals surface area contributed by atoms with Crippen LogP contribution in [0.4, 0.5) is 13.2 Å². The number of alkyl halides is 3. The molecule has 0 saturated carbocycles. The molecule has 1 aliphatic rings. The highest BCUT2D eigenvalue weighted by molar-refractivity contribution is 7.87. The van der Waals surface area contributed by atoms with Gasteiger partial charge in [0.1, 0.15) is 0 Å². The molecule has 0 aromatic rings. The van der Waals surface area contributed by atoms with Crippen molar-refractivity contribution in [1.82, 2.24) is 0 Å². The highest BCUT2D eigenvalue weighted by atomic mass is 32.2. The van der Waals surface area contributed by atoms with E-state index in [-0.39, 0.29) is 12.8 Å². The molecule has 0 bridgehead atoms. The maximum Gasteiger partial charge on any atom is 0.394 e. The van der Waals surface area contributed by atoms with Crippen LogP contribution in [0.5, 0.6) is 0 Å². The Morgan fingerprint density at radius 2 is 1.33 bits per heavy atom. The van der Waals surface area contributed by atoms with Gasteiger partial charge in [-0.05, 0) is 12.8 Å². The van der Waals surface area contributed by atoms with Crippen LogP contribution >= 0.6 is 0 Å². The summed E-state index contributed by atoms with van der Waals surface area (Å²) in [5.41, 5.74) is 0. The minimum atomic E-state index is -4.80. The van der Waals surface area contributed by atoms with Crippen LogP contribution in [0.1, 0.15) is 19.3 Å². The van der Waals surface area contributed by atoms with Crippen molar-refractivity contribution in [2.75, 3.05) is 11.5 Å². The smallest absolute Gasteiger partial charge is 0.236 e. The molecule has 0 radical (unpaired) electrons. The lowest BCUT2D eigenvalue weighted by Crippen LogP contribution is -2.30. The lowest BCUT2D eigenvalue weighted by atomic mass is 10.4. The molecule has 0 N–H and O–H groups in total. The maximum atomic E-state index is 12.1. The molecule has 0 aliphatic carbocycles. The lowest BCUT2D eigenvalue weighted by molar-refractivity contribution is -0.173. The van der Waals surface area contributed by atoms with Crippen LogP contribution in [0.15, 0.2) is 0 Å². The van der Waals surface area contributed by atoms with E-state index >= 15 is 0 Å². The molecule has 0 unspecified atom stereocenters. The average Bonchev–Trinajstić information content (AvgIpc) is 2.10. The van der Waals surface area contributed by atoms with Gasteiger partial charge < -0.3 is 0 Å². The van der Waals surface area contributed by atoms with Crippen molar-refractivity contribution in [1.29, 1.82) is 0 Å². The normalized spacial score (nSPS) is 25.9. The number of hydrogen-bond donors (Lipinski definition) is 0. The van der Waals surface area contributed by atoms with Gasteiger partial charge in [-0.25, -0.2) is 8.37 Å². The summed E-state index contributed by atoms with van der Waals surface area (Å²) in [7, 11) is -8.45. The van der Waals surface area contributed by atoms with Gasteiger partial charge >= 0.3 is 6.18 Å². The second-order valence-electron chi connectivity index (χ2n) is 3.67. The van der Waals surface area contributed by atoms with Crippen molar-refractivity contribution in [3.8, 4) is 0 Å². The molecular formula is C7H11F3O6S2. The molecule has 0 aromatic carbocycles. The Bertz CT molecular complexity index is 442. The van der Waals surface area contributed by atoms with Crippen molar-refractivity contribution in [3.05, 3.63) is 0 Å². The first-order valence-corrected chi connectivity index (χ1v) is 8.03. The molecule has 108 valence electrons. The van der Waals surface area contributed by atoms with Crippen LogP contribution in [0.3, 0.4) is 0 Å². The van der Waals surface area contributed by atoms with Crippen LogP contribution in [-0.4, -0.2) is 40.8 Å². The van der Waals surface area contributed by atoms with E-state index < -0.39 is 50.6 Å². The molecule has 1 rings (SSSR count). The fraction of sp³-hybridized carbons (Fsp3) is 1.00. The van der Waals surface area contributed by atoms with Crippen LogP contribution in [-0.2, 0) is 28.6 Å². The van der Waals surface area contributed by atoms with Gasteiger partial charge in [0.25, 0.3) is 20.2 Å². The third-order valence-electron chi connectivity index (χ3n) is 1.94. The van der Waals surface area contributed by atoms with Crippen molar-refractivity contribution in [2.45, 2.75) is 31.7 Å². The van der Waals surface area contributed by atoms with E-state index in [4.69, 9.17) is 0 Å². The van der Waals surface area contributed by atoms with Gasteiger partial charge in [-0.1, -0.05) is 0 Å². The van der Waals surface area contributed by atoms with Crippen molar-refractivity contribution in [3.63, 3.8) is 0 Å². The van der Waals surface area contributed by atoms with Crippen LogP contribution < -0.4 is 0 Å². The van der Waals surface area contributed by atoms with Crippen LogP contribution in [0.25, 0.3) is 0 Å². The van der Waals surface area contributed by atoms with E-state index in [1.807, 2.05) is 0 Å². The van der Waals surface area contributed by atoms with Gasteiger partial charge in [-0.3, -0.25) is 0 Å². The minimum Gasteiger partial charge on any atom is -0.236 e. The molecule has 1 saturated heterocycles. The van der Waals surface area contributed by atoms with E-state index in [0.29, 0.717) is 0 Å². The number of halogens is 3. The van der Waals surface area contributed by atoms with Crippen molar-refractivity contribution < 1.29 is 38.4 Å². The van der Waals surface area contributed by atoms with Crippen molar-refractivity contribution >= 4 is 20.2 Å². The topological polar surface area (TPSA) is 86.7 Å². The average molecular weight is 312 g/mol. The quantitative estimate of drug-likeness (QED) is 0.664. The zero-order valence-corrected chi connectivity index (χ0v) is 10.6. The Morgan fingerprint density at radius 1 is 0.944 bits per heavy atom. The Balaban J connectivity index is 2.93. The predicted molar refractivity (Wildman–Crippen MR) is 53.4 cm³/mol. The maximum absolute atomic E-state index is 12.1. The summed E-state index contributed by atoms with van der Waals surface area (Å²) in [6.45, 7) is 0. The first kappa shape index (κ1) is 15.7. The van der Waals surface area contributed by atoms with E-state index in [1.165, 1.54) is 0 Å². The summed E-state index contributed by atoms with van der Waals surface area (Å²) < 4.78 is 89.5. The molecule has 6 nitrogen and oxygen atoms in total. The summed E-state index contributed by atoms with van der Waals surface area (Å²) in [5, 5.41) is 0. The van der Waals surface area contributed by atoms with Gasteiger partial charge in [0.05, 0.1) is 17.9 Å². The van der Waals surface area contributed by atoms with Gasteiger partial charge in [0.15, 0.2) is 0 Å². The van der Waals surface area contributed by atoms with E-state index in [9.17, 15) is 30.0 Å². The number of hydrogen-bond acceptors (Lipinski definition) is 6. The second kappa shape index (κ2) is 5.31. The fourth-order valence-corrected chi connectivity index (χ4v) is 3.48. The second-order valence-corrected chi connectivity index (χ2v) is 7.10.